The molecule has 0 aliphatic heterocycles. The van der Waals surface area contributed by atoms with Crippen molar-refractivity contribution in [3.05, 3.63) is 0 Å². The molecule has 1 saturated carbocycles. The van der Waals surface area contributed by atoms with Crippen LogP contribution in [-0.4, -0.2) is 32.0 Å². The van der Waals surface area contributed by atoms with Gasteiger partial charge < -0.3 is 10.1 Å². The van der Waals surface area contributed by atoms with Crippen molar-refractivity contribution in [3.63, 3.8) is 0 Å². The summed E-state index contributed by atoms with van der Waals surface area (Å²) in [7, 11) is 0. The molecule has 0 saturated heterocycles. The summed E-state index contributed by atoms with van der Waals surface area (Å²) in [6.45, 7) is 4.27. The molecule has 1 N–H and O–H groups in total. The van der Waals surface area contributed by atoms with Crippen LogP contribution < -0.4 is 5.32 Å². The van der Waals surface area contributed by atoms with E-state index < -0.39 is 12.8 Å². The van der Waals surface area contributed by atoms with Crippen LogP contribution in [0.15, 0.2) is 0 Å². The first kappa shape index (κ1) is 15.8. The number of nitrogens with one attached hydrogen (secondary N) is 1. The minimum atomic E-state index is -4.21. The molecule has 0 aromatic heterocycles. The van der Waals surface area contributed by atoms with Crippen LogP contribution in [0, 0.1) is 5.41 Å². The van der Waals surface area contributed by atoms with Gasteiger partial charge in [-0.25, -0.2) is 0 Å². The predicted octanol–water partition coefficient (Wildman–Crippen LogP) is 3.51. The van der Waals surface area contributed by atoms with Gasteiger partial charge in [-0.05, 0) is 31.2 Å². The molecule has 0 aromatic rings. The van der Waals surface area contributed by atoms with Crippen molar-refractivity contribution in [3.8, 4) is 0 Å². The maximum atomic E-state index is 11.8. The lowest BCUT2D eigenvalue weighted by molar-refractivity contribution is -0.174. The molecule has 0 bridgehead atoms. The molecule has 108 valence electrons. The number of ether oxygens (including phenoxy) is 1. The first-order valence-corrected chi connectivity index (χ1v) is 6.69. The fourth-order valence-electron chi connectivity index (χ4n) is 2.51. The topological polar surface area (TPSA) is 21.3 Å². The maximum Gasteiger partial charge on any atom is 0.411 e. The molecule has 1 unspecified atom stereocenters. The second-order valence-corrected chi connectivity index (χ2v) is 5.76. The van der Waals surface area contributed by atoms with E-state index in [1.165, 1.54) is 19.3 Å². The summed E-state index contributed by atoms with van der Waals surface area (Å²) in [6.07, 6.45) is 1.32. The van der Waals surface area contributed by atoms with E-state index in [0.29, 0.717) is 17.9 Å². The van der Waals surface area contributed by atoms with Crippen LogP contribution in [-0.2, 0) is 4.74 Å². The molecule has 1 aliphatic rings. The summed E-state index contributed by atoms with van der Waals surface area (Å²) in [6, 6.07) is 0.480. The van der Waals surface area contributed by atoms with Crippen LogP contribution in [0.5, 0.6) is 0 Å². The summed E-state index contributed by atoms with van der Waals surface area (Å²) >= 11 is 0. The van der Waals surface area contributed by atoms with Crippen molar-refractivity contribution < 1.29 is 17.9 Å². The minimum Gasteiger partial charge on any atom is -0.372 e. The Morgan fingerprint density at radius 3 is 2.61 bits per heavy atom. The monoisotopic (exact) mass is 267 g/mol. The standard InChI is InChI=1S/C13H24F3NO/c1-12(2)7-4-3-6-11(12)17-8-5-9-18-10-13(14,15)16/h11,17H,3-10H2,1-2H3. The van der Waals surface area contributed by atoms with Gasteiger partial charge in [-0.3, -0.25) is 0 Å². The Morgan fingerprint density at radius 1 is 1.28 bits per heavy atom. The quantitative estimate of drug-likeness (QED) is 0.744. The Morgan fingerprint density at radius 2 is 2.00 bits per heavy atom. The highest BCUT2D eigenvalue weighted by molar-refractivity contribution is 4.87. The fraction of sp³-hybridized carbons (Fsp3) is 1.00. The second-order valence-electron chi connectivity index (χ2n) is 5.76. The summed E-state index contributed by atoms with van der Waals surface area (Å²) in [4.78, 5) is 0. The van der Waals surface area contributed by atoms with Crippen molar-refractivity contribution in [2.45, 2.75) is 58.2 Å². The van der Waals surface area contributed by atoms with E-state index in [4.69, 9.17) is 0 Å². The first-order valence-electron chi connectivity index (χ1n) is 6.69. The van der Waals surface area contributed by atoms with Gasteiger partial charge in [-0.2, -0.15) is 13.2 Å². The molecule has 1 aliphatic carbocycles. The van der Waals surface area contributed by atoms with Gasteiger partial charge in [0.1, 0.15) is 6.61 Å². The Balaban J connectivity index is 2.07. The van der Waals surface area contributed by atoms with E-state index in [-0.39, 0.29) is 6.61 Å². The molecule has 0 radical (unpaired) electrons. The van der Waals surface area contributed by atoms with E-state index in [0.717, 1.165) is 13.0 Å². The van der Waals surface area contributed by atoms with Crippen LogP contribution in [0.2, 0.25) is 0 Å². The first-order chi connectivity index (χ1) is 8.31. The zero-order valence-corrected chi connectivity index (χ0v) is 11.3. The largest absolute Gasteiger partial charge is 0.411 e. The Kier molecular flexibility index (Phi) is 5.92. The number of alkyl halides is 3. The van der Waals surface area contributed by atoms with E-state index in [1.54, 1.807) is 0 Å². The predicted molar refractivity (Wildman–Crippen MR) is 65.5 cm³/mol. The SMILES string of the molecule is CC1(C)CCCCC1NCCCOCC(F)(F)F. The van der Waals surface area contributed by atoms with Crippen LogP contribution in [0.1, 0.15) is 46.0 Å². The van der Waals surface area contributed by atoms with Crippen LogP contribution in [0.25, 0.3) is 0 Å². The van der Waals surface area contributed by atoms with E-state index in [2.05, 4.69) is 23.9 Å². The number of halogens is 3. The second kappa shape index (κ2) is 6.75. The molecule has 1 fully saturated rings. The van der Waals surface area contributed by atoms with Crippen LogP contribution in [0.3, 0.4) is 0 Å². The summed E-state index contributed by atoms with van der Waals surface area (Å²) < 4.78 is 40.0. The number of rotatable bonds is 6. The van der Waals surface area contributed by atoms with Gasteiger partial charge >= 0.3 is 6.18 Å². The number of hydrogen-bond donors (Lipinski definition) is 1. The maximum absolute atomic E-state index is 11.8. The number of hydrogen-bond acceptors (Lipinski definition) is 2. The zero-order chi connectivity index (χ0) is 13.6. The van der Waals surface area contributed by atoms with Crippen LogP contribution >= 0.6 is 0 Å². The molecular formula is C13H24F3NO. The molecule has 2 nitrogen and oxygen atoms in total. The molecule has 18 heavy (non-hydrogen) atoms. The van der Waals surface area contributed by atoms with Gasteiger partial charge in [0.15, 0.2) is 0 Å². The van der Waals surface area contributed by atoms with Crippen molar-refractivity contribution >= 4 is 0 Å². The Labute approximate surface area is 107 Å². The third-order valence-electron chi connectivity index (χ3n) is 3.63. The molecule has 0 amide bonds. The van der Waals surface area contributed by atoms with Gasteiger partial charge in [0.2, 0.25) is 0 Å². The van der Waals surface area contributed by atoms with Crippen molar-refractivity contribution in [2.24, 2.45) is 5.41 Å². The molecule has 0 aromatic carbocycles. The molecule has 0 heterocycles. The van der Waals surface area contributed by atoms with Gasteiger partial charge in [-0.15, -0.1) is 0 Å². The molecule has 1 atom stereocenters. The average molecular weight is 267 g/mol. The third kappa shape index (κ3) is 6.05. The molecule has 5 heteroatoms. The van der Waals surface area contributed by atoms with E-state index in [9.17, 15) is 13.2 Å². The van der Waals surface area contributed by atoms with Crippen molar-refractivity contribution in [2.75, 3.05) is 19.8 Å². The summed E-state index contributed by atoms with van der Waals surface area (Å²) in [5.74, 6) is 0. The summed E-state index contributed by atoms with van der Waals surface area (Å²) in [5, 5.41) is 3.45. The lowest BCUT2D eigenvalue weighted by Gasteiger charge is -2.39. The summed E-state index contributed by atoms with van der Waals surface area (Å²) in [5.41, 5.74) is 0.297. The van der Waals surface area contributed by atoms with Gasteiger partial charge in [0.05, 0.1) is 0 Å². The Bertz CT molecular complexity index is 241. The minimum absolute atomic E-state index is 0.166. The third-order valence-corrected chi connectivity index (χ3v) is 3.63. The molecule has 1 rings (SSSR count). The smallest absolute Gasteiger partial charge is 0.372 e. The highest BCUT2D eigenvalue weighted by atomic mass is 19.4. The fourth-order valence-corrected chi connectivity index (χ4v) is 2.51. The average Bonchev–Trinajstić information content (AvgIpc) is 2.23. The lowest BCUT2D eigenvalue weighted by atomic mass is 9.73. The molecule has 0 spiro atoms. The highest BCUT2D eigenvalue weighted by Gasteiger charge is 2.31. The Hall–Kier alpha value is -0.290. The lowest BCUT2D eigenvalue weighted by Crippen LogP contribution is -2.44. The van der Waals surface area contributed by atoms with E-state index in [1.807, 2.05) is 0 Å². The van der Waals surface area contributed by atoms with Crippen LogP contribution in [0.4, 0.5) is 13.2 Å². The normalized spacial score (nSPS) is 24.2. The van der Waals surface area contributed by atoms with Crippen molar-refractivity contribution in [1.82, 2.24) is 5.32 Å². The molecular weight excluding hydrogens is 243 g/mol. The zero-order valence-electron chi connectivity index (χ0n) is 11.3. The van der Waals surface area contributed by atoms with Gasteiger partial charge in [0.25, 0.3) is 0 Å². The van der Waals surface area contributed by atoms with E-state index >= 15 is 0 Å². The van der Waals surface area contributed by atoms with Gasteiger partial charge in [0, 0.05) is 12.6 Å². The highest BCUT2D eigenvalue weighted by Crippen LogP contribution is 2.35. The van der Waals surface area contributed by atoms with Gasteiger partial charge in [-0.1, -0.05) is 26.7 Å². The van der Waals surface area contributed by atoms with Crippen molar-refractivity contribution in [1.29, 1.82) is 0 Å².